The Labute approximate surface area is 137 Å². The highest BCUT2D eigenvalue weighted by Crippen LogP contribution is 2.61. The fourth-order valence-electron chi connectivity index (χ4n) is 1.33. The molecule has 0 bridgehead atoms. The van der Waals surface area contributed by atoms with E-state index in [0.29, 0.717) is 5.30 Å². The molecule has 0 aromatic heterocycles. The van der Waals surface area contributed by atoms with Gasteiger partial charge in [-0.15, -0.1) is 0 Å². The molecule has 0 radical (unpaired) electrons. The summed E-state index contributed by atoms with van der Waals surface area (Å²) in [6.45, 7) is 6.11. The minimum absolute atomic E-state index is 0.101. The summed E-state index contributed by atoms with van der Waals surface area (Å²) in [5.74, 6) is -3.21. The lowest BCUT2D eigenvalue weighted by atomic mass is 9.87. The van der Waals surface area contributed by atoms with Gasteiger partial charge in [0.1, 0.15) is 0 Å². The first-order valence-corrected chi connectivity index (χ1v) is 13.0. The van der Waals surface area contributed by atoms with Gasteiger partial charge in [0, 0.05) is 5.30 Å². The van der Waals surface area contributed by atoms with Gasteiger partial charge < -0.3 is 0 Å². The van der Waals surface area contributed by atoms with Gasteiger partial charge in [0.2, 0.25) is 0 Å². The summed E-state index contributed by atoms with van der Waals surface area (Å²) >= 11 is 25.2. The molecule has 0 heterocycles. The van der Waals surface area contributed by atoms with Gasteiger partial charge in [-0.2, -0.15) is 0 Å². The van der Waals surface area contributed by atoms with E-state index in [1.807, 2.05) is 32.9 Å². The Bertz CT molecular complexity index is 507. The first kappa shape index (κ1) is 20.1. The molecule has 2 nitrogen and oxygen atoms in total. The van der Waals surface area contributed by atoms with E-state index >= 15 is 0 Å². The van der Waals surface area contributed by atoms with Crippen molar-refractivity contribution in [3.8, 4) is 0 Å². The van der Waals surface area contributed by atoms with Gasteiger partial charge in [0.05, 0.1) is 0 Å². The molecule has 110 valence electrons. The van der Waals surface area contributed by atoms with Crippen molar-refractivity contribution in [2.45, 2.75) is 26.2 Å². The second-order valence-corrected chi connectivity index (χ2v) is 16.0. The Morgan fingerprint density at radius 2 is 1.26 bits per heavy atom. The van der Waals surface area contributed by atoms with Crippen LogP contribution in [0.5, 0.6) is 0 Å². The minimum atomic E-state index is -3.22. The Kier molecular flexibility index (Phi) is 7.85. The quantitative estimate of drug-likeness (QED) is 0.468. The number of rotatable bonds is 1. The lowest BCUT2D eigenvalue weighted by Crippen LogP contribution is -2.20. The van der Waals surface area contributed by atoms with Crippen molar-refractivity contribution in [1.29, 1.82) is 0 Å². The van der Waals surface area contributed by atoms with E-state index in [-0.39, 0.29) is 5.41 Å². The maximum Gasteiger partial charge on any atom is 0.339 e. The van der Waals surface area contributed by atoms with Crippen LogP contribution >= 0.6 is 67.3 Å². The third-order valence-corrected chi connectivity index (χ3v) is 4.04. The highest BCUT2D eigenvalue weighted by atomic mass is 36.0. The zero-order valence-corrected chi connectivity index (χ0v) is 16.0. The van der Waals surface area contributed by atoms with Crippen LogP contribution < -0.4 is 5.30 Å². The summed E-state index contributed by atoms with van der Waals surface area (Å²) in [7, 11) is 0. The predicted molar refractivity (Wildman–Crippen MR) is 89.3 cm³/mol. The Morgan fingerprint density at radius 1 is 0.895 bits per heavy atom. The van der Waals surface area contributed by atoms with Crippen molar-refractivity contribution >= 4 is 72.6 Å². The molecule has 0 saturated heterocycles. The first-order chi connectivity index (χ1) is 8.23. The average Bonchev–Trinajstić information content (AvgIpc) is 2.12. The highest BCUT2D eigenvalue weighted by molar-refractivity contribution is 8.24. The minimum Gasteiger partial charge on any atom is -0.284 e. The van der Waals surface area contributed by atoms with Crippen LogP contribution in [0.25, 0.3) is 0 Å². The van der Waals surface area contributed by atoms with Crippen LogP contribution in [0.1, 0.15) is 26.3 Å². The summed E-state index contributed by atoms with van der Waals surface area (Å²) in [6.07, 6.45) is 0. The van der Waals surface area contributed by atoms with Gasteiger partial charge in [-0.3, -0.25) is 9.13 Å². The van der Waals surface area contributed by atoms with Crippen LogP contribution in [0.15, 0.2) is 24.3 Å². The first-order valence-electron chi connectivity index (χ1n) is 5.01. The van der Waals surface area contributed by atoms with E-state index in [0.717, 1.165) is 5.56 Å². The van der Waals surface area contributed by atoms with Gasteiger partial charge in [-0.1, -0.05) is 39.0 Å². The lowest BCUT2D eigenvalue weighted by Gasteiger charge is -2.22. The molecule has 0 atom stereocenters. The SMILES string of the molecule is CC(C)(C)c1ccccc1P(=O)(Cl)Cl.O=P(Cl)(Cl)Cl. The highest BCUT2D eigenvalue weighted by Gasteiger charge is 2.26. The van der Waals surface area contributed by atoms with E-state index < -0.39 is 11.0 Å². The van der Waals surface area contributed by atoms with Gasteiger partial charge >= 0.3 is 5.20 Å². The van der Waals surface area contributed by atoms with E-state index in [4.69, 9.17) is 22.5 Å². The second kappa shape index (κ2) is 7.41. The van der Waals surface area contributed by atoms with E-state index in [1.54, 1.807) is 12.1 Å². The van der Waals surface area contributed by atoms with Crippen molar-refractivity contribution in [3.63, 3.8) is 0 Å². The summed E-state index contributed by atoms with van der Waals surface area (Å²) < 4.78 is 21.1. The summed E-state index contributed by atoms with van der Waals surface area (Å²) in [5.41, 5.74) is 0.837. The van der Waals surface area contributed by atoms with Crippen molar-refractivity contribution in [3.05, 3.63) is 29.8 Å². The van der Waals surface area contributed by atoms with E-state index in [2.05, 4.69) is 33.7 Å². The fraction of sp³-hybridized carbons (Fsp3) is 0.400. The second-order valence-electron chi connectivity index (χ2n) is 4.63. The van der Waals surface area contributed by atoms with Crippen molar-refractivity contribution in [2.75, 3.05) is 0 Å². The van der Waals surface area contributed by atoms with Crippen molar-refractivity contribution < 1.29 is 9.13 Å². The zero-order valence-electron chi connectivity index (χ0n) is 10.4. The van der Waals surface area contributed by atoms with Gasteiger partial charge in [0.15, 0.2) is 0 Å². The third-order valence-electron chi connectivity index (χ3n) is 1.99. The van der Waals surface area contributed by atoms with Gasteiger partial charge in [-0.25, -0.2) is 0 Å². The average molecular weight is 404 g/mol. The number of halogens is 5. The molecular weight excluding hydrogens is 391 g/mol. The van der Waals surface area contributed by atoms with Crippen molar-refractivity contribution in [2.24, 2.45) is 0 Å². The number of hydrogen-bond acceptors (Lipinski definition) is 2. The third kappa shape index (κ3) is 9.64. The Balaban J connectivity index is 0.000000555. The molecule has 0 N–H and O–H groups in total. The summed E-state index contributed by atoms with van der Waals surface area (Å²) in [4.78, 5) is 0. The van der Waals surface area contributed by atoms with E-state index in [1.165, 1.54) is 0 Å². The van der Waals surface area contributed by atoms with Gasteiger partial charge in [-0.05, 0) is 73.2 Å². The van der Waals surface area contributed by atoms with Crippen LogP contribution in [-0.4, -0.2) is 0 Å². The van der Waals surface area contributed by atoms with Crippen LogP contribution in [0.2, 0.25) is 0 Å². The molecule has 1 aromatic rings. The molecule has 19 heavy (non-hydrogen) atoms. The summed E-state index contributed by atoms with van der Waals surface area (Å²) in [6, 6.07) is 7.32. The molecule has 0 aliphatic rings. The lowest BCUT2D eigenvalue weighted by molar-refractivity contribution is 0.586. The standard InChI is InChI=1S/C10H13Cl2OP.Cl3OP/c1-10(2,3)8-6-4-5-7-9(8)14(11,12)13;1-5(2,3)4/h4-7H,1-3H3;. The molecule has 0 aliphatic carbocycles. The topological polar surface area (TPSA) is 34.1 Å². The molecular formula is C10H13Cl5O2P2. The Hall–Kier alpha value is 1.13. The van der Waals surface area contributed by atoms with Crippen LogP contribution in [0.3, 0.4) is 0 Å². The molecule has 1 rings (SSSR count). The molecule has 0 aliphatic heterocycles. The van der Waals surface area contributed by atoms with Crippen LogP contribution in [-0.2, 0) is 14.5 Å². The monoisotopic (exact) mass is 402 g/mol. The predicted octanol–water partition coefficient (Wildman–Crippen LogP) is 7.09. The smallest absolute Gasteiger partial charge is 0.284 e. The molecule has 0 saturated carbocycles. The van der Waals surface area contributed by atoms with Crippen molar-refractivity contribution in [1.82, 2.24) is 0 Å². The molecule has 9 heteroatoms. The zero-order chi connectivity index (χ0) is 15.5. The van der Waals surface area contributed by atoms with Crippen LogP contribution in [0.4, 0.5) is 0 Å². The largest absolute Gasteiger partial charge is 0.339 e. The summed E-state index contributed by atoms with van der Waals surface area (Å²) in [5, 5.41) is -2.67. The Morgan fingerprint density at radius 3 is 1.53 bits per heavy atom. The molecule has 0 amide bonds. The maximum absolute atomic E-state index is 11.6. The molecule has 0 spiro atoms. The molecule has 1 aromatic carbocycles. The van der Waals surface area contributed by atoms with Gasteiger partial charge in [0.25, 0.3) is 5.85 Å². The normalized spacial score (nSPS) is 12.6. The fourth-order valence-corrected chi connectivity index (χ4v) is 3.17. The maximum atomic E-state index is 11.6. The number of benzene rings is 1. The number of hydrogen-bond donors (Lipinski definition) is 0. The van der Waals surface area contributed by atoms with E-state index in [9.17, 15) is 9.13 Å². The molecule has 0 fully saturated rings. The van der Waals surface area contributed by atoms with Crippen LogP contribution in [0, 0.1) is 0 Å². The molecule has 0 unspecified atom stereocenters.